The topological polar surface area (TPSA) is 95.0 Å². The normalized spacial score (nSPS) is 17.0. The summed E-state index contributed by atoms with van der Waals surface area (Å²) in [6.45, 7) is 7.90. The molecule has 0 spiro atoms. The summed E-state index contributed by atoms with van der Waals surface area (Å²) in [4.78, 5) is 11.3. The molecule has 1 saturated heterocycles. The van der Waals surface area contributed by atoms with Crippen molar-refractivity contribution >= 4 is 11.8 Å². The molecule has 2 N–H and O–H groups in total. The molecule has 3 aromatic rings. The van der Waals surface area contributed by atoms with Gasteiger partial charge in [0.2, 0.25) is 11.8 Å². The predicted octanol–water partition coefficient (Wildman–Crippen LogP) is 2.81. The Morgan fingerprint density at radius 3 is 2.59 bits per heavy atom. The highest BCUT2D eigenvalue weighted by Crippen LogP contribution is 2.27. The van der Waals surface area contributed by atoms with E-state index in [0.29, 0.717) is 17.5 Å². The van der Waals surface area contributed by atoms with Crippen molar-refractivity contribution in [2.75, 3.05) is 23.7 Å². The van der Waals surface area contributed by atoms with Crippen molar-refractivity contribution < 1.29 is 4.74 Å². The predicted molar refractivity (Wildman–Crippen MR) is 113 cm³/mol. The van der Waals surface area contributed by atoms with Gasteiger partial charge in [-0.2, -0.15) is 0 Å². The molecule has 4 rings (SSSR count). The number of rotatable bonds is 4. The number of hydrogen-bond acceptors (Lipinski definition) is 7. The van der Waals surface area contributed by atoms with Crippen LogP contribution in [0.25, 0.3) is 11.6 Å². The molecule has 2 aromatic heterocycles. The quantitative estimate of drug-likeness (QED) is 0.728. The van der Waals surface area contributed by atoms with Gasteiger partial charge >= 0.3 is 0 Å². The van der Waals surface area contributed by atoms with Crippen LogP contribution in [-0.4, -0.2) is 43.9 Å². The van der Waals surface area contributed by atoms with E-state index in [0.717, 1.165) is 36.9 Å². The molecule has 1 fully saturated rings. The molecule has 1 aromatic carbocycles. The van der Waals surface area contributed by atoms with E-state index >= 15 is 0 Å². The molecule has 1 atom stereocenters. The largest absolute Gasteiger partial charge is 0.489 e. The third-order valence-corrected chi connectivity index (χ3v) is 5.04. The van der Waals surface area contributed by atoms with Gasteiger partial charge in [-0.1, -0.05) is 39.0 Å². The lowest BCUT2D eigenvalue weighted by Crippen LogP contribution is -2.26. The number of aromatic nitrogens is 5. The van der Waals surface area contributed by atoms with Crippen LogP contribution in [0.4, 0.5) is 11.8 Å². The number of anilines is 2. The van der Waals surface area contributed by atoms with Crippen LogP contribution in [0.1, 0.15) is 32.9 Å². The first-order chi connectivity index (χ1) is 13.8. The van der Waals surface area contributed by atoms with Gasteiger partial charge in [-0.25, -0.2) is 9.97 Å². The summed E-state index contributed by atoms with van der Waals surface area (Å²) < 4.78 is 8.01. The number of nitrogens with zero attached hydrogens (tertiary/aromatic N) is 6. The Kier molecular flexibility index (Phi) is 4.86. The number of nitrogen functional groups attached to an aromatic ring is 1. The first kappa shape index (κ1) is 19.2. The zero-order chi connectivity index (χ0) is 20.6. The van der Waals surface area contributed by atoms with Gasteiger partial charge < -0.3 is 15.4 Å². The second-order valence-corrected chi connectivity index (χ2v) is 8.42. The Hall–Kier alpha value is -3.16. The van der Waals surface area contributed by atoms with Gasteiger partial charge in [0.05, 0.1) is 12.2 Å². The average Bonchev–Trinajstić information content (AvgIpc) is 3.27. The molecule has 0 saturated carbocycles. The van der Waals surface area contributed by atoms with E-state index in [1.165, 1.54) is 0 Å². The molecule has 0 aliphatic carbocycles. The van der Waals surface area contributed by atoms with E-state index in [1.54, 1.807) is 0 Å². The minimum atomic E-state index is -0.135. The molecule has 29 heavy (non-hydrogen) atoms. The van der Waals surface area contributed by atoms with Gasteiger partial charge in [0.15, 0.2) is 5.82 Å². The van der Waals surface area contributed by atoms with Crippen molar-refractivity contribution in [2.45, 2.75) is 38.7 Å². The number of benzene rings is 1. The van der Waals surface area contributed by atoms with Crippen molar-refractivity contribution in [3.63, 3.8) is 0 Å². The van der Waals surface area contributed by atoms with Gasteiger partial charge in [0.25, 0.3) is 0 Å². The van der Waals surface area contributed by atoms with Crippen molar-refractivity contribution in [2.24, 2.45) is 7.05 Å². The van der Waals surface area contributed by atoms with E-state index in [9.17, 15) is 0 Å². The van der Waals surface area contributed by atoms with Gasteiger partial charge in [0.1, 0.15) is 17.7 Å². The molecule has 3 heterocycles. The minimum absolute atomic E-state index is 0.119. The lowest BCUT2D eigenvalue weighted by molar-refractivity contribution is 0.225. The van der Waals surface area contributed by atoms with Crippen LogP contribution in [0.15, 0.2) is 36.4 Å². The number of ether oxygens (including phenoxy) is 1. The van der Waals surface area contributed by atoms with E-state index in [4.69, 9.17) is 10.5 Å². The van der Waals surface area contributed by atoms with Crippen LogP contribution in [-0.2, 0) is 12.5 Å². The van der Waals surface area contributed by atoms with Gasteiger partial charge in [-0.15, -0.1) is 10.2 Å². The van der Waals surface area contributed by atoms with Gasteiger partial charge in [-0.05, 0) is 12.1 Å². The summed E-state index contributed by atoms with van der Waals surface area (Å²) in [6.07, 6.45) is 1.05. The summed E-state index contributed by atoms with van der Waals surface area (Å²) >= 11 is 0. The van der Waals surface area contributed by atoms with Crippen molar-refractivity contribution in [1.82, 2.24) is 24.7 Å². The standard InChI is InChI=1S/C21H27N7O/c1-21(2,3)16-12-17(22)24-18(23-16)19-25-26-20(27(19)4)28-11-10-15(13-28)29-14-8-6-5-7-9-14/h5-9,12,15H,10-11,13H2,1-4H3,(H2,22,23,24)/t15-/m1/s1. The third kappa shape index (κ3) is 4.01. The fraction of sp³-hybridized carbons (Fsp3) is 0.429. The van der Waals surface area contributed by atoms with Crippen molar-refractivity contribution in [1.29, 1.82) is 0 Å². The minimum Gasteiger partial charge on any atom is -0.489 e. The highest BCUT2D eigenvalue weighted by atomic mass is 16.5. The van der Waals surface area contributed by atoms with Gasteiger partial charge in [-0.3, -0.25) is 4.57 Å². The zero-order valence-corrected chi connectivity index (χ0v) is 17.3. The second-order valence-electron chi connectivity index (χ2n) is 8.42. The Bertz CT molecular complexity index is 994. The van der Waals surface area contributed by atoms with Crippen LogP contribution in [0, 0.1) is 0 Å². The Balaban J connectivity index is 1.55. The summed E-state index contributed by atoms with van der Waals surface area (Å²) in [6, 6.07) is 11.7. The van der Waals surface area contributed by atoms with E-state index in [1.807, 2.05) is 48.0 Å². The van der Waals surface area contributed by atoms with Crippen molar-refractivity contribution in [3.8, 4) is 17.4 Å². The zero-order valence-electron chi connectivity index (χ0n) is 17.3. The highest BCUT2D eigenvalue weighted by molar-refractivity contribution is 5.52. The molecular weight excluding hydrogens is 366 g/mol. The Labute approximate surface area is 170 Å². The lowest BCUT2D eigenvalue weighted by atomic mass is 9.92. The fourth-order valence-corrected chi connectivity index (χ4v) is 3.44. The molecule has 8 nitrogen and oxygen atoms in total. The van der Waals surface area contributed by atoms with Crippen LogP contribution < -0.4 is 15.4 Å². The summed E-state index contributed by atoms with van der Waals surface area (Å²) in [7, 11) is 1.93. The van der Waals surface area contributed by atoms with E-state index in [2.05, 4.69) is 45.8 Å². The smallest absolute Gasteiger partial charge is 0.227 e. The van der Waals surface area contributed by atoms with Crippen LogP contribution in [0.3, 0.4) is 0 Å². The number of nitrogens with two attached hydrogens (primary N) is 1. The number of hydrogen-bond donors (Lipinski definition) is 1. The molecule has 0 radical (unpaired) electrons. The van der Waals surface area contributed by atoms with Gasteiger partial charge in [0, 0.05) is 31.5 Å². The van der Waals surface area contributed by atoms with Crippen LogP contribution >= 0.6 is 0 Å². The molecule has 8 heteroatoms. The lowest BCUT2D eigenvalue weighted by Gasteiger charge is -2.19. The SMILES string of the molecule is Cn1c(-c2nc(N)cc(C(C)(C)C)n2)nnc1N1CC[C@@H](Oc2ccccc2)C1. The summed E-state index contributed by atoms with van der Waals surface area (Å²) in [5.74, 6) is 3.20. The average molecular weight is 393 g/mol. The third-order valence-electron chi connectivity index (χ3n) is 5.04. The Morgan fingerprint density at radius 1 is 1.10 bits per heavy atom. The molecule has 0 amide bonds. The van der Waals surface area contributed by atoms with Crippen molar-refractivity contribution in [3.05, 3.63) is 42.1 Å². The fourth-order valence-electron chi connectivity index (χ4n) is 3.44. The molecule has 0 unspecified atom stereocenters. The molecule has 1 aliphatic rings. The molecular formula is C21H27N7O. The second kappa shape index (κ2) is 7.35. The van der Waals surface area contributed by atoms with E-state index in [-0.39, 0.29) is 11.5 Å². The van der Waals surface area contributed by atoms with Crippen LogP contribution in [0.2, 0.25) is 0 Å². The maximum atomic E-state index is 6.09. The van der Waals surface area contributed by atoms with Crippen LogP contribution in [0.5, 0.6) is 5.75 Å². The van der Waals surface area contributed by atoms with E-state index < -0.39 is 0 Å². The Morgan fingerprint density at radius 2 is 1.86 bits per heavy atom. The first-order valence-electron chi connectivity index (χ1n) is 9.83. The monoisotopic (exact) mass is 393 g/mol. The summed E-state index contributed by atoms with van der Waals surface area (Å²) in [5, 5.41) is 8.75. The summed E-state index contributed by atoms with van der Waals surface area (Å²) in [5.41, 5.74) is 6.77. The first-order valence-corrected chi connectivity index (χ1v) is 9.83. The molecule has 0 bridgehead atoms. The maximum absolute atomic E-state index is 6.09. The molecule has 1 aliphatic heterocycles. The maximum Gasteiger partial charge on any atom is 0.227 e. The highest BCUT2D eigenvalue weighted by Gasteiger charge is 2.29. The molecule has 152 valence electrons. The number of para-hydroxylation sites is 1.